The fourth-order valence-corrected chi connectivity index (χ4v) is 2.29. The van der Waals surface area contributed by atoms with Gasteiger partial charge >= 0.3 is 5.97 Å². The first-order valence-corrected chi connectivity index (χ1v) is 5.47. The van der Waals surface area contributed by atoms with Crippen LogP contribution < -0.4 is 0 Å². The number of allylic oxidation sites excluding steroid dienone is 1. The van der Waals surface area contributed by atoms with Gasteiger partial charge in [-0.1, -0.05) is 6.08 Å². The van der Waals surface area contributed by atoms with Crippen LogP contribution >= 0.6 is 0 Å². The molecular formula is C13H12O3. The summed E-state index contributed by atoms with van der Waals surface area (Å²) in [5.41, 5.74) is 0.740. The number of carbonyl (C=O) groups excluding carboxylic acids is 1. The first-order valence-electron chi connectivity index (χ1n) is 5.47. The van der Waals surface area contributed by atoms with E-state index in [0.29, 0.717) is 5.76 Å². The van der Waals surface area contributed by atoms with Crippen molar-refractivity contribution in [3.8, 4) is 0 Å². The third-order valence-corrected chi connectivity index (χ3v) is 3.09. The van der Waals surface area contributed by atoms with Crippen LogP contribution in [0, 0.1) is 5.92 Å². The Morgan fingerprint density at radius 3 is 3.19 bits per heavy atom. The number of rotatable bonds is 1. The number of hydrogen-bond donors (Lipinski definition) is 0. The Morgan fingerprint density at radius 1 is 1.44 bits per heavy atom. The summed E-state index contributed by atoms with van der Waals surface area (Å²) in [4.78, 5) is 11.7. The average molecular weight is 216 g/mol. The largest absolute Gasteiger partial charge is 0.465 e. The fraction of sp³-hybridized carbons (Fsp3) is 0.308. The van der Waals surface area contributed by atoms with Crippen molar-refractivity contribution in [2.45, 2.75) is 18.9 Å². The third kappa shape index (κ3) is 1.48. The Labute approximate surface area is 93.4 Å². The van der Waals surface area contributed by atoms with E-state index in [1.54, 1.807) is 12.3 Å². The van der Waals surface area contributed by atoms with Crippen LogP contribution in [0.5, 0.6) is 0 Å². The van der Waals surface area contributed by atoms with E-state index < -0.39 is 0 Å². The highest BCUT2D eigenvalue weighted by atomic mass is 16.6. The Bertz CT molecular complexity index is 454. The lowest BCUT2D eigenvalue weighted by Gasteiger charge is -2.17. The second-order valence-corrected chi connectivity index (χ2v) is 4.10. The molecule has 0 radical (unpaired) electrons. The maximum atomic E-state index is 11.7. The van der Waals surface area contributed by atoms with E-state index in [4.69, 9.17) is 9.15 Å². The Balaban J connectivity index is 1.95. The maximum absolute atomic E-state index is 11.7. The number of fused-ring (bicyclic) bond motifs is 1. The van der Waals surface area contributed by atoms with Gasteiger partial charge in [0.1, 0.15) is 11.9 Å². The highest BCUT2D eigenvalue weighted by Gasteiger charge is 2.39. The van der Waals surface area contributed by atoms with Gasteiger partial charge in [-0.2, -0.15) is 0 Å². The summed E-state index contributed by atoms with van der Waals surface area (Å²) >= 11 is 0. The summed E-state index contributed by atoms with van der Waals surface area (Å²) < 4.78 is 10.5. The lowest BCUT2D eigenvalue weighted by Crippen LogP contribution is -2.16. The van der Waals surface area contributed by atoms with Gasteiger partial charge in [-0.15, -0.1) is 0 Å². The minimum absolute atomic E-state index is 0.0672. The van der Waals surface area contributed by atoms with Gasteiger partial charge in [0.05, 0.1) is 6.26 Å². The van der Waals surface area contributed by atoms with Crippen LogP contribution in [-0.2, 0) is 9.53 Å². The number of ether oxygens (including phenoxy) is 1. The molecule has 2 aliphatic rings. The van der Waals surface area contributed by atoms with Crippen LogP contribution in [0.15, 0.2) is 40.5 Å². The summed E-state index contributed by atoms with van der Waals surface area (Å²) in [7, 11) is 0. The smallest absolute Gasteiger partial charge is 0.335 e. The molecule has 0 aromatic carbocycles. The van der Waals surface area contributed by atoms with Gasteiger partial charge in [-0.3, -0.25) is 0 Å². The van der Waals surface area contributed by atoms with E-state index in [0.717, 1.165) is 18.4 Å². The number of carbonyl (C=O) groups is 1. The van der Waals surface area contributed by atoms with E-state index in [-0.39, 0.29) is 18.0 Å². The second kappa shape index (κ2) is 3.67. The van der Waals surface area contributed by atoms with Gasteiger partial charge in [0.2, 0.25) is 0 Å². The Kier molecular flexibility index (Phi) is 2.17. The zero-order valence-electron chi connectivity index (χ0n) is 8.76. The predicted octanol–water partition coefficient (Wildman–Crippen LogP) is 2.55. The van der Waals surface area contributed by atoms with Crippen molar-refractivity contribution in [1.29, 1.82) is 0 Å². The molecule has 1 aromatic rings. The van der Waals surface area contributed by atoms with Gasteiger partial charge in [0, 0.05) is 11.5 Å². The molecule has 3 nitrogen and oxygen atoms in total. The van der Waals surface area contributed by atoms with Crippen molar-refractivity contribution in [2.24, 2.45) is 5.92 Å². The van der Waals surface area contributed by atoms with E-state index in [1.807, 2.05) is 18.2 Å². The van der Waals surface area contributed by atoms with E-state index in [2.05, 4.69) is 6.08 Å². The van der Waals surface area contributed by atoms with Crippen LogP contribution in [0.2, 0.25) is 0 Å². The van der Waals surface area contributed by atoms with Gasteiger partial charge < -0.3 is 9.15 Å². The topological polar surface area (TPSA) is 39.4 Å². The molecule has 1 aromatic heterocycles. The fourth-order valence-electron chi connectivity index (χ4n) is 2.29. The lowest BCUT2D eigenvalue weighted by molar-refractivity contribution is -0.137. The number of esters is 1. The SMILES string of the molecule is O=C1OC2C=CCCC2/C1=C/c1ccco1. The average Bonchev–Trinajstić information content (AvgIpc) is 2.89. The summed E-state index contributed by atoms with van der Waals surface area (Å²) in [5, 5.41) is 0. The van der Waals surface area contributed by atoms with E-state index in [9.17, 15) is 4.79 Å². The molecule has 16 heavy (non-hydrogen) atoms. The summed E-state index contributed by atoms with van der Waals surface area (Å²) in [5.74, 6) is 0.697. The quantitative estimate of drug-likeness (QED) is 0.411. The molecule has 2 unspecified atom stereocenters. The molecule has 0 amide bonds. The highest BCUT2D eigenvalue weighted by molar-refractivity contribution is 5.96. The normalized spacial score (nSPS) is 30.5. The van der Waals surface area contributed by atoms with Crippen molar-refractivity contribution >= 4 is 12.0 Å². The molecule has 0 spiro atoms. The number of furan rings is 1. The van der Waals surface area contributed by atoms with Crippen LogP contribution in [0.1, 0.15) is 18.6 Å². The molecule has 1 fully saturated rings. The molecule has 2 heterocycles. The number of hydrogen-bond acceptors (Lipinski definition) is 3. The molecule has 0 bridgehead atoms. The highest BCUT2D eigenvalue weighted by Crippen LogP contribution is 2.36. The van der Waals surface area contributed by atoms with E-state index in [1.165, 1.54) is 0 Å². The lowest BCUT2D eigenvalue weighted by atomic mass is 9.87. The molecule has 1 aliphatic carbocycles. The standard InChI is InChI=1S/C13H12O3/c14-13-11(8-9-4-3-7-15-9)10-5-1-2-6-12(10)16-13/h2-4,6-8,10,12H,1,5H2/b11-8-. The zero-order valence-corrected chi connectivity index (χ0v) is 8.76. The van der Waals surface area contributed by atoms with Crippen LogP contribution in [0.4, 0.5) is 0 Å². The van der Waals surface area contributed by atoms with Crippen LogP contribution in [-0.4, -0.2) is 12.1 Å². The molecule has 1 saturated heterocycles. The second-order valence-electron chi connectivity index (χ2n) is 4.10. The van der Waals surface area contributed by atoms with Crippen molar-refractivity contribution in [3.63, 3.8) is 0 Å². The molecule has 82 valence electrons. The van der Waals surface area contributed by atoms with Gasteiger partial charge in [0.25, 0.3) is 0 Å². The Morgan fingerprint density at radius 2 is 2.38 bits per heavy atom. The minimum atomic E-state index is -0.210. The molecule has 3 rings (SSSR count). The summed E-state index contributed by atoms with van der Waals surface area (Å²) in [6.07, 6.45) is 9.37. The predicted molar refractivity (Wildman–Crippen MR) is 58.4 cm³/mol. The van der Waals surface area contributed by atoms with Gasteiger partial charge in [-0.25, -0.2) is 4.79 Å². The summed E-state index contributed by atoms with van der Waals surface area (Å²) in [6.45, 7) is 0. The molecule has 3 heteroatoms. The molecule has 1 aliphatic heterocycles. The zero-order chi connectivity index (χ0) is 11.0. The van der Waals surface area contributed by atoms with Crippen molar-refractivity contribution in [3.05, 3.63) is 41.9 Å². The van der Waals surface area contributed by atoms with Crippen molar-refractivity contribution in [2.75, 3.05) is 0 Å². The first kappa shape index (κ1) is 9.46. The first-order chi connectivity index (χ1) is 7.84. The van der Waals surface area contributed by atoms with Gasteiger partial charge in [0.15, 0.2) is 0 Å². The Hall–Kier alpha value is -1.77. The minimum Gasteiger partial charge on any atom is -0.465 e. The molecule has 0 N–H and O–H groups in total. The molecular weight excluding hydrogens is 204 g/mol. The van der Waals surface area contributed by atoms with E-state index >= 15 is 0 Å². The van der Waals surface area contributed by atoms with Crippen LogP contribution in [0.25, 0.3) is 6.08 Å². The van der Waals surface area contributed by atoms with Gasteiger partial charge in [-0.05, 0) is 37.1 Å². The summed E-state index contributed by atoms with van der Waals surface area (Å²) in [6, 6.07) is 3.65. The third-order valence-electron chi connectivity index (χ3n) is 3.09. The molecule has 2 atom stereocenters. The van der Waals surface area contributed by atoms with Crippen molar-refractivity contribution in [1.82, 2.24) is 0 Å². The monoisotopic (exact) mass is 216 g/mol. The maximum Gasteiger partial charge on any atom is 0.335 e. The van der Waals surface area contributed by atoms with Crippen LogP contribution in [0.3, 0.4) is 0 Å². The molecule has 0 saturated carbocycles. The van der Waals surface area contributed by atoms with Crippen molar-refractivity contribution < 1.29 is 13.9 Å².